The van der Waals surface area contributed by atoms with E-state index in [-0.39, 0.29) is 29.8 Å². The standard InChI is InChI=1S/C17H22O6/c1-16(2)12-4-3-9(8-18)5-11(12)15-13(19)6-10(17(20,21)22)7-14(15)23-16/h3,6-7,11-12,18-22H,4-5,8H2,1-2H3. The van der Waals surface area contributed by atoms with Gasteiger partial charge in [-0.15, -0.1) is 0 Å². The molecule has 1 aromatic rings. The number of phenolic OH excluding ortho intramolecular Hbond substituents is 1. The van der Waals surface area contributed by atoms with Crippen molar-refractivity contribution in [2.75, 3.05) is 6.61 Å². The molecular formula is C17H22O6. The summed E-state index contributed by atoms with van der Waals surface area (Å²) >= 11 is 0. The fraction of sp³-hybridized carbons (Fsp3) is 0.529. The minimum atomic E-state index is -3.04. The van der Waals surface area contributed by atoms with Crippen LogP contribution in [0.1, 0.15) is 43.7 Å². The Morgan fingerprint density at radius 3 is 2.57 bits per heavy atom. The number of phenols is 1. The molecule has 2 unspecified atom stereocenters. The molecule has 0 fully saturated rings. The van der Waals surface area contributed by atoms with Gasteiger partial charge in [0.05, 0.1) is 6.61 Å². The molecule has 6 heteroatoms. The molecule has 0 spiro atoms. The summed E-state index contributed by atoms with van der Waals surface area (Å²) in [6, 6.07) is 2.47. The summed E-state index contributed by atoms with van der Waals surface area (Å²) in [5.74, 6) is -2.78. The highest BCUT2D eigenvalue weighted by Crippen LogP contribution is 2.54. The monoisotopic (exact) mass is 322 g/mol. The summed E-state index contributed by atoms with van der Waals surface area (Å²) < 4.78 is 5.99. The molecule has 0 radical (unpaired) electrons. The normalized spacial score (nSPS) is 25.9. The first-order chi connectivity index (χ1) is 10.6. The lowest BCUT2D eigenvalue weighted by atomic mass is 9.67. The molecule has 5 N–H and O–H groups in total. The van der Waals surface area contributed by atoms with Crippen LogP contribution in [-0.4, -0.2) is 37.7 Å². The van der Waals surface area contributed by atoms with Crippen LogP contribution in [0.15, 0.2) is 23.8 Å². The Labute approximate surface area is 134 Å². The van der Waals surface area contributed by atoms with Crippen LogP contribution in [0.25, 0.3) is 0 Å². The van der Waals surface area contributed by atoms with E-state index in [1.54, 1.807) is 0 Å². The van der Waals surface area contributed by atoms with Gasteiger partial charge in [-0.05, 0) is 44.4 Å². The zero-order valence-electron chi connectivity index (χ0n) is 13.2. The van der Waals surface area contributed by atoms with Crippen LogP contribution < -0.4 is 4.74 Å². The van der Waals surface area contributed by atoms with E-state index in [9.17, 15) is 25.5 Å². The van der Waals surface area contributed by atoms with E-state index < -0.39 is 11.6 Å². The third-order valence-corrected chi connectivity index (χ3v) is 4.98. The molecule has 1 heterocycles. The Kier molecular flexibility index (Phi) is 3.68. The molecule has 1 aliphatic heterocycles. The topological polar surface area (TPSA) is 110 Å². The third kappa shape index (κ3) is 2.72. The van der Waals surface area contributed by atoms with Gasteiger partial charge in [0.1, 0.15) is 17.1 Å². The Morgan fingerprint density at radius 2 is 1.96 bits per heavy atom. The number of aliphatic hydroxyl groups excluding tert-OH is 1. The van der Waals surface area contributed by atoms with Crippen LogP contribution >= 0.6 is 0 Å². The first-order valence-electron chi connectivity index (χ1n) is 7.65. The van der Waals surface area contributed by atoms with Crippen molar-refractivity contribution >= 4 is 0 Å². The smallest absolute Gasteiger partial charge is 0.304 e. The second-order valence-corrected chi connectivity index (χ2v) is 6.92. The SMILES string of the molecule is CC1(C)Oc2cc(C(O)(O)O)cc(O)c2C2CC(CO)=CCC21. The minimum absolute atomic E-state index is 0.0221. The molecule has 1 aliphatic carbocycles. The average Bonchev–Trinajstić information content (AvgIpc) is 2.44. The number of rotatable bonds is 2. The van der Waals surface area contributed by atoms with Crippen molar-refractivity contribution in [1.82, 2.24) is 0 Å². The van der Waals surface area contributed by atoms with E-state index in [1.165, 1.54) is 6.07 Å². The van der Waals surface area contributed by atoms with Gasteiger partial charge in [-0.3, -0.25) is 0 Å². The molecule has 23 heavy (non-hydrogen) atoms. The van der Waals surface area contributed by atoms with Gasteiger partial charge in [0.2, 0.25) is 0 Å². The number of fused-ring (bicyclic) bond motifs is 3. The Bertz CT molecular complexity index is 656. The zero-order valence-corrected chi connectivity index (χ0v) is 13.2. The number of aliphatic hydroxyl groups is 4. The summed E-state index contributed by atoms with van der Waals surface area (Å²) in [5.41, 5.74) is 0.723. The van der Waals surface area contributed by atoms with Gasteiger partial charge in [-0.1, -0.05) is 6.08 Å². The summed E-state index contributed by atoms with van der Waals surface area (Å²) in [6.45, 7) is 3.87. The highest BCUT2D eigenvalue weighted by molar-refractivity contribution is 5.53. The molecule has 0 aromatic heterocycles. The van der Waals surface area contributed by atoms with E-state index in [0.717, 1.165) is 18.1 Å². The van der Waals surface area contributed by atoms with Crippen molar-refractivity contribution in [3.63, 3.8) is 0 Å². The van der Waals surface area contributed by atoms with Crippen LogP contribution in [0.2, 0.25) is 0 Å². The predicted molar refractivity (Wildman–Crippen MR) is 81.8 cm³/mol. The maximum absolute atomic E-state index is 10.4. The van der Waals surface area contributed by atoms with Crippen molar-refractivity contribution < 1.29 is 30.3 Å². The van der Waals surface area contributed by atoms with E-state index in [1.807, 2.05) is 19.9 Å². The minimum Gasteiger partial charge on any atom is -0.508 e. The van der Waals surface area contributed by atoms with Gasteiger partial charge < -0.3 is 30.3 Å². The molecule has 1 aromatic carbocycles. The fourth-order valence-corrected chi connectivity index (χ4v) is 3.79. The third-order valence-electron chi connectivity index (χ3n) is 4.98. The number of allylic oxidation sites excluding steroid dienone is 1. The lowest BCUT2D eigenvalue weighted by molar-refractivity contribution is -0.324. The fourth-order valence-electron chi connectivity index (χ4n) is 3.79. The number of hydrogen-bond donors (Lipinski definition) is 5. The second kappa shape index (κ2) is 5.21. The van der Waals surface area contributed by atoms with Gasteiger partial charge >= 0.3 is 5.97 Å². The van der Waals surface area contributed by atoms with Crippen LogP contribution in [0.3, 0.4) is 0 Å². The first-order valence-corrected chi connectivity index (χ1v) is 7.65. The molecule has 0 amide bonds. The van der Waals surface area contributed by atoms with E-state index in [4.69, 9.17) is 4.74 Å². The summed E-state index contributed by atoms with van der Waals surface area (Å²) in [7, 11) is 0. The lowest BCUT2D eigenvalue weighted by Gasteiger charge is -2.47. The van der Waals surface area contributed by atoms with Crippen LogP contribution in [-0.2, 0) is 5.97 Å². The average molecular weight is 322 g/mol. The molecule has 2 aliphatic rings. The molecular weight excluding hydrogens is 300 g/mol. The number of aromatic hydroxyl groups is 1. The quantitative estimate of drug-likeness (QED) is 0.411. The second-order valence-electron chi connectivity index (χ2n) is 6.92. The molecule has 6 nitrogen and oxygen atoms in total. The zero-order chi connectivity index (χ0) is 17.0. The van der Waals surface area contributed by atoms with Crippen LogP contribution in [0, 0.1) is 5.92 Å². The van der Waals surface area contributed by atoms with Gasteiger partial charge in [0.15, 0.2) is 0 Å². The summed E-state index contributed by atoms with van der Waals surface area (Å²) in [4.78, 5) is 0. The van der Waals surface area contributed by atoms with Crippen LogP contribution in [0.5, 0.6) is 11.5 Å². The van der Waals surface area contributed by atoms with E-state index in [2.05, 4.69) is 0 Å². The summed E-state index contributed by atoms with van der Waals surface area (Å²) in [6.07, 6.45) is 3.36. The molecule has 3 rings (SSSR count). The Hall–Kier alpha value is -1.60. The molecule has 0 saturated heterocycles. The number of hydrogen-bond acceptors (Lipinski definition) is 6. The first kappa shape index (κ1) is 16.3. The molecule has 126 valence electrons. The van der Waals surface area contributed by atoms with Crippen molar-refractivity contribution in [1.29, 1.82) is 0 Å². The number of ether oxygens (including phenoxy) is 1. The summed E-state index contributed by atoms with van der Waals surface area (Å²) in [5, 5.41) is 47.9. The van der Waals surface area contributed by atoms with Crippen molar-refractivity contribution in [2.45, 2.75) is 44.2 Å². The molecule has 0 saturated carbocycles. The maximum Gasteiger partial charge on any atom is 0.304 e. The van der Waals surface area contributed by atoms with Gasteiger partial charge in [0.25, 0.3) is 0 Å². The van der Waals surface area contributed by atoms with Gasteiger partial charge in [-0.25, -0.2) is 0 Å². The highest BCUT2D eigenvalue weighted by atomic mass is 16.7. The number of benzene rings is 1. The molecule has 0 bridgehead atoms. The van der Waals surface area contributed by atoms with E-state index >= 15 is 0 Å². The Balaban J connectivity index is 2.13. The molecule has 2 atom stereocenters. The van der Waals surface area contributed by atoms with Gasteiger partial charge in [-0.2, -0.15) is 0 Å². The van der Waals surface area contributed by atoms with Crippen molar-refractivity contribution in [2.24, 2.45) is 5.92 Å². The Morgan fingerprint density at radius 1 is 1.26 bits per heavy atom. The van der Waals surface area contributed by atoms with Gasteiger partial charge in [0, 0.05) is 23.0 Å². The highest BCUT2D eigenvalue weighted by Gasteiger charge is 2.46. The lowest BCUT2D eigenvalue weighted by Crippen LogP contribution is -2.45. The maximum atomic E-state index is 10.4. The van der Waals surface area contributed by atoms with E-state index in [0.29, 0.717) is 17.7 Å². The van der Waals surface area contributed by atoms with Crippen LogP contribution in [0.4, 0.5) is 0 Å². The largest absolute Gasteiger partial charge is 0.508 e. The van der Waals surface area contributed by atoms with Crippen molar-refractivity contribution in [3.05, 3.63) is 34.9 Å². The predicted octanol–water partition coefficient (Wildman–Crippen LogP) is 1.06. The van der Waals surface area contributed by atoms with Crippen molar-refractivity contribution in [3.8, 4) is 11.5 Å².